The lowest BCUT2D eigenvalue weighted by atomic mass is 9.88. The van der Waals surface area contributed by atoms with Crippen LogP contribution in [0.15, 0.2) is 0 Å². The molecule has 2 unspecified atom stereocenters. The third-order valence-corrected chi connectivity index (χ3v) is 3.85. The largest absolute Gasteiger partial charge is 0.460 e. The molecular weight excluding hydrogens is 218 g/mol. The number of nitrogens with one attached hydrogen (secondary N) is 1. The highest BCUT2D eigenvalue weighted by molar-refractivity contribution is 5.71. The summed E-state index contributed by atoms with van der Waals surface area (Å²) in [6.07, 6.45) is 4.71. The van der Waals surface area contributed by atoms with Crippen LogP contribution in [0.3, 0.4) is 0 Å². The Balaban J connectivity index is 1.69. The van der Waals surface area contributed by atoms with Gasteiger partial charge in [0.15, 0.2) is 0 Å². The molecule has 4 heteroatoms. The van der Waals surface area contributed by atoms with Crippen molar-refractivity contribution in [3.05, 3.63) is 0 Å². The number of rotatable bonds is 4. The molecule has 1 aliphatic carbocycles. The van der Waals surface area contributed by atoms with Crippen LogP contribution in [0.25, 0.3) is 0 Å². The quantitative estimate of drug-likeness (QED) is 0.757. The monoisotopic (exact) mass is 241 g/mol. The number of carbonyl (C=O) groups excluding carboxylic acids is 1. The SMILES string of the molecule is CC1CCCCC1OC(=O)COC1(C)CNC1. The van der Waals surface area contributed by atoms with Crippen LogP contribution in [0.2, 0.25) is 0 Å². The molecule has 0 aromatic rings. The Kier molecular flexibility index (Phi) is 4.05. The molecular formula is C13H23NO3. The summed E-state index contributed by atoms with van der Waals surface area (Å²) in [7, 11) is 0. The number of hydrogen-bond donors (Lipinski definition) is 1. The van der Waals surface area contributed by atoms with E-state index >= 15 is 0 Å². The Morgan fingerprint density at radius 2 is 2.06 bits per heavy atom. The van der Waals surface area contributed by atoms with Gasteiger partial charge in [-0.05, 0) is 32.1 Å². The molecule has 1 saturated carbocycles. The Labute approximate surface area is 103 Å². The zero-order valence-electron chi connectivity index (χ0n) is 10.8. The maximum atomic E-state index is 11.7. The second-order valence-corrected chi connectivity index (χ2v) is 5.63. The Morgan fingerprint density at radius 3 is 2.65 bits per heavy atom. The third kappa shape index (κ3) is 3.42. The van der Waals surface area contributed by atoms with E-state index in [0.717, 1.165) is 19.5 Å². The molecule has 2 fully saturated rings. The van der Waals surface area contributed by atoms with E-state index in [2.05, 4.69) is 12.2 Å². The minimum atomic E-state index is -0.211. The van der Waals surface area contributed by atoms with Crippen molar-refractivity contribution in [3.63, 3.8) is 0 Å². The fourth-order valence-electron chi connectivity index (χ4n) is 2.47. The highest BCUT2D eigenvalue weighted by Crippen LogP contribution is 2.26. The van der Waals surface area contributed by atoms with Crippen LogP contribution in [0.4, 0.5) is 0 Å². The highest BCUT2D eigenvalue weighted by atomic mass is 16.6. The van der Waals surface area contributed by atoms with Gasteiger partial charge in [-0.1, -0.05) is 13.3 Å². The highest BCUT2D eigenvalue weighted by Gasteiger charge is 2.33. The van der Waals surface area contributed by atoms with Crippen molar-refractivity contribution in [1.82, 2.24) is 5.32 Å². The van der Waals surface area contributed by atoms with E-state index in [1.165, 1.54) is 19.3 Å². The van der Waals surface area contributed by atoms with Gasteiger partial charge in [0.25, 0.3) is 0 Å². The first kappa shape index (κ1) is 12.8. The van der Waals surface area contributed by atoms with Gasteiger partial charge in [-0.2, -0.15) is 0 Å². The maximum absolute atomic E-state index is 11.7. The molecule has 17 heavy (non-hydrogen) atoms. The first-order chi connectivity index (χ1) is 8.09. The first-order valence-electron chi connectivity index (χ1n) is 6.63. The van der Waals surface area contributed by atoms with Crippen LogP contribution in [-0.2, 0) is 14.3 Å². The molecule has 1 heterocycles. The maximum Gasteiger partial charge on any atom is 0.332 e. The van der Waals surface area contributed by atoms with Gasteiger partial charge in [0.2, 0.25) is 0 Å². The molecule has 98 valence electrons. The van der Waals surface area contributed by atoms with Crippen molar-refractivity contribution in [1.29, 1.82) is 0 Å². The van der Waals surface area contributed by atoms with Crippen LogP contribution < -0.4 is 5.32 Å². The number of ether oxygens (including phenoxy) is 2. The summed E-state index contributed by atoms with van der Waals surface area (Å²) in [5, 5.41) is 3.14. The summed E-state index contributed by atoms with van der Waals surface area (Å²) in [6.45, 7) is 5.90. The van der Waals surface area contributed by atoms with E-state index in [1.54, 1.807) is 0 Å². The van der Waals surface area contributed by atoms with Crippen LogP contribution in [0, 0.1) is 5.92 Å². The third-order valence-electron chi connectivity index (χ3n) is 3.85. The fraction of sp³-hybridized carbons (Fsp3) is 0.923. The lowest BCUT2D eigenvalue weighted by Crippen LogP contribution is -2.59. The van der Waals surface area contributed by atoms with Crippen molar-refractivity contribution in [2.24, 2.45) is 5.92 Å². The summed E-state index contributed by atoms with van der Waals surface area (Å²) in [4.78, 5) is 11.7. The Morgan fingerprint density at radius 1 is 1.35 bits per heavy atom. The zero-order chi connectivity index (χ0) is 12.3. The molecule has 1 saturated heterocycles. The minimum Gasteiger partial charge on any atom is -0.460 e. The predicted octanol–water partition coefficient (Wildman–Crippen LogP) is 1.49. The van der Waals surface area contributed by atoms with Crippen LogP contribution in [-0.4, -0.2) is 37.4 Å². The topological polar surface area (TPSA) is 47.6 Å². The Hall–Kier alpha value is -0.610. The van der Waals surface area contributed by atoms with Crippen LogP contribution in [0.1, 0.15) is 39.5 Å². The summed E-state index contributed by atoms with van der Waals surface area (Å²) >= 11 is 0. The van der Waals surface area contributed by atoms with Gasteiger partial charge in [0, 0.05) is 13.1 Å². The van der Waals surface area contributed by atoms with E-state index in [1.807, 2.05) is 6.92 Å². The Bertz CT molecular complexity index is 276. The number of esters is 1. The second-order valence-electron chi connectivity index (χ2n) is 5.63. The average molecular weight is 241 g/mol. The van der Waals surface area contributed by atoms with Crippen molar-refractivity contribution in [3.8, 4) is 0 Å². The van der Waals surface area contributed by atoms with E-state index < -0.39 is 0 Å². The molecule has 2 aliphatic rings. The van der Waals surface area contributed by atoms with Gasteiger partial charge in [0.1, 0.15) is 12.7 Å². The van der Waals surface area contributed by atoms with Gasteiger partial charge in [-0.25, -0.2) is 4.79 Å². The molecule has 2 atom stereocenters. The van der Waals surface area contributed by atoms with E-state index in [-0.39, 0.29) is 24.3 Å². The predicted molar refractivity (Wildman–Crippen MR) is 64.7 cm³/mol. The first-order valence-corrected chi connectivity index (χ1v) is 6.63. The van der Waals surface area contributed by atoms with Crippen molar-refractivity contribution >= 4 is 5.97 Å². The molecule has 0 aromatic heterocycles. The molecule has 4 nitrogen and oxygen atoms in total. The van der Waals surface area contributed by atoms with Gasteiger partial charge in [-0.15, -0.1) is 0 Å². The van der Waals surface area contributed by atoms with Gasteiger partial charge in [0.05, 0.1) is 5.60 Å². The van der Waals surface area contributed by atoms with E-state index in [9.17, 15) is 4.79 Å². The molecule has 0 bridgehead atoms. The van der Waals surface area contributed by atoms with Crippen molar-refractivity contribution in [2.75, 3.05) is 19.7 Å². The zero-order valence-corrected chi connectivity index (χ0v) is 10.8. The minimum absolute atomic E-state index is 0.0847. The second kappa shape index (κ2) is 5.36. The van der Waals surface area contributed by atoms with Gasteiger partial charge in [-0.3, -0.25) is 0 Å². The van der Waals surface area contributed by atoms with Crippen molar-refractivity contribution < 1.29 is 14.3 Å². The molecule has 0 radical (unpaired) electrons. The van der Waals surface area contributed by atoms with E-state index in [4.69, 9.17) is 9.47 Å². The summed E-state index contributed by atoms with van der Waals surface area (Å²) in [5.74, 6) is 0.283. The van der Waals surface area contributed by atoms with Gasteiger partial charge >= 0.3 is 5.97 Å². The molecule has 1 N–H and O–H groups in total. The number of carbonyl (C=O) groups is 1. The molecule has 0 aromatic carbocycles. The lowest BCUT2D eigenvalue weighted by Gasteiger charge is -2.38. The molecule has 0 amide bonds. The summed E-state index contributed by atoms with van der Waals surface area (Å²) < 4.78 is 11.1. The van der Waals surface area contributed by atoms with E-state index in [0.29, 0.717) is 5.92 Å². The summed E-state index contributed by atoms with van der Waals surface area (Å²) in [6, 6.07) is 0. The van der Waals surface area contributed by atoms with Crippen molar-refractivity contribution in [2.45, 2.75) is 51.2 Å². The number of hydrogen-bond acceptors (Lipinski definition) is 4. The van der Waals surface area contributed by atoms with Crippen LogP contribution >= 0.6 is 0 Å². The fourth-order valence-corrected chi connectivity index (χ4v) is 2.47. The normalized spacial score (nSPS) is 31.6. The lowest BCUT2D eigenvalue weighted by molar-refractivity contribution is -0.167. The standard InChI is InChI=1S/C13H23NO3/c1-10-5-3-4-6-11(10)17-12(15)7-16-13(2)8-14-9-13/h10-11,14H,3-9H2,1-2H3. The van der Waals surface area contributed by atoms with Gasteiger partial charge < -0.3 is 14.8 Å². The van der Waals surface area contributed by atoms with Crippen LogP contribution in [0.5, 0.6) is 0 Å². The molecule has 2 rings (SSSR count). The molecule has 0 spiro atoms. The average Bonchev–Trinajstić information content (AvgIpc) is 2.27. The molecule has 1 aliphatic heterocycles. The summed E-state index contributed by atoms with van der Waals surface area (Å²) in [5.41, 5.74) is -0.169. The smallest absolute Gasteiger partial charge is 0.332 e.